The third-order valence-corrected chi connectivity index (χ3v) is 3.22. The first kappa shape index (κ1) is 18.7. The van der Waals surface area contributed by atoms with E-state index < -0.39 is 5.97 Å². The molecule has 0 bridgehead atoms. The van der Waals surface area contributed by atoms with Crippen LogP contribution in [0.3, 0.4) is 0 Å². The smallest absolute Gasteiger partial charge is 0.328 e. The summed E-state index contributed by atoms with van der Waals surface area (Å²) in [6.07, 6.45) is 3.33. The van der Waals surface area contributed by atoms with Crippen molar-refractivity contribution in [1.29, 1.82) is 0 Å². The van der Waals surface area contributed by atoms with Crippen LogP contribution in [-0.2, 0) is 11.3 Å². The van der Waals surface area contributed by atoms with E-state index in [1.807, 2.05) is 31.1 Å². The summed E-state index contributed by atoms with van der Waals surface area (Å²) in [7, 11) is 5.52. The van der Waals surface area contributed by atoms with Crippen LogP contribution in [0.25, 0.3) is 5.57 Å². The van der Waals surface area contributed by atoms with Crippen molar-refractivity contribution in [3.8, 4) is 0 Å². The second-order valence-electron chi connectivity index (χ2n) is 5.53. The molecule has 1 rings (SSSR count). The summed E-state index contributed by atoms with van der Waals surface area (Å²) < 4.78 is 0. The summed E-state index contributed by atoms with van der Waals surface area (Å²) in [5, 5.41) is 10.6. The molecule has 0 aromatic heterocycles. The number of nitrogen functional groups attached to an aromatic ring is 1. The van der Waals surface area contributed by atoms with E-state index in [0.717, 1.165) is 17.7 Å². The first-order chi connectivity index (χ1) is 10.8. The van der Waals surface area contributed by atoms with Crippen molar-refractivity contribution < 1.29 is 9.90 Å². The molecule has 0 aliphatic carbocycles. The van der Waals surface area contributed by atoms with Crippen molar-refractivity contribution in [3.05, 3.63) is 35.4 Å². The van der Waals surface area contributed by atoms with Crippen molar-refractivity contribution in [2.24, 2.45) is 10.8 Å². The highest BCUT2D eigenvalue weighted by molar-refractivity contribution is 5.92. The van der Waals surface area contributed by atoms with Gasteiger partial charge in [0.25, 0.3) is 0 Å². The Morgan fingerprint density at radius 3 is 2.65 bits per heavy atom. The zero-order valence-electron chi connectivity index (χ0n) is 13.9. The number of benzene rings is 1. The molecule has 0 aliphatic rings. The van der Waals surface area contributed by atoms with Gasteiger partial charge in [0.05, 0.1) is 12.9 Å². The minimum atomic E-state index is -0.984. The molecular formula is C16H25N5O2. The Kier molecular flexibility index (Phi) is 7.24. The summed E-state index contributed by atoms with van der Waals surface area (Å²) in [5.74, 6) is 4.81. The molecule has 7 nitrogen and oxygen atoms in total. The van der Waals surface area contributed by atoms with Gasteiger partial charge in [-0.3, -0.25) is 10.0 Å². The van der Waals surface area contributed by atoms with Crippen LogP contribution in [0.4, 0.5) is 5.69 Å². The van der Waals surface area contributed by atoms with Gasteiger partial charge in [0.15, 0.2) is 0 Å². The van der Waals surface area contributed by atoms with E-state index in [4.69, 9.17) is 16.7 Å². The minimum Gasteiger partial charge on any atom is -0.478 e. The highest BCUT2D eigenvalue weighted by atomic mass is 16.4. The van der Waals surface area contributed by atoms with Crippen molar-refractivity contribution in [2.45, 2.75) is 13.0 Å². The molecule has 0 fully saturated rings. The molecule has 0 amide bonds. The van der Waals surface area contributed by atoms with E-state index >= 15 is 0 Å². The molecule has 1 aromatic rings. The number of hydrazine groups is 1. The first-order valence-corrected chi connectivity index (χ1v) is 7.24. The number of nitrogens with zero attached hydrogens (tertiary/aromatic N) is 3. The van der Waals surface area contributed by atoms with E-state index in [-0.39, 0.29) is 0 Å². The quantitative estimate of drug-likeness (QED) is 0.165. The van der Waals surface area contributed by atoms with Gasteiger partial charge in [-0.05, 0) is 43.8 Å². The van der Waals surface area contributed by atoms with Gasteiger partial charge < -0.3 is 15.7 Å². The maximum absolute atomic E-state index is 11.1. The molecule has 0 unspecified atom stereocenters. The highest BCUT2D eigenvalue weighted by Gasteiger charge is 2.10. The number of aliphatic carboxylic acids is 1. The third kappa shape index (κ3) is 6.50. The predicted octanol–water partition coefficient (Wildman–Crippen LogP) is 1.02. The molecule has 1 aromatic carbocycles. The van der Waals surface area contributed by atoms with Gasteiger partial charge in [-0.2, -0.15) is 0 Å². The summed E-state index contributed by atoms with van der Waals surface area (Å²) in [4.78, 5) is 17.0. The Bertz CT molecular complexity index is 596. The van der Waals surface area contributed by atoms with Gasteiger partial charge in [-0.25, -0.2) is 10.6 Å². The summed E-state index contributed by atoms with van der Waals surface area (Å²) in [6, 6.07) is 5.52. The molecule has 126 valence electrons. The molecule has 0 atom stereocenters. The van der Waals surface area contributed by atoms with E-state index in [0.29, 0.717) is 24.2 Å². The fraction of sp³-hybridized carbons (Fsp3) is 0.375. The van der Waals surface area contributed by atoms with Crippen LogP contribution in [0.1, 0.15) is 17.5 Å². The number of carboxylic acid groups (broad SMARTS) is 1. The van der Waals surface area contributed by atoms with Gasteiger partial charge in [-0.15, -0.1) is 0 Å². The standard InChI is InChI=1S/C16H25N5O2/c1-19-11-21(18)10-12-4-5-15(17)14(8-12)13(9-16(22)23)6-7-20(2)3/h4-5,8-9,11H,6-7,10,17-18H2,1-3H3,(H,22,23)/b13-9+,19-11?. The SMILES string of the molecule is CN=CN(N)Cc1ccc(N)c(/C(=C/C(=O)O)CCN(C)C)c1. The van der Waals surface area contributed by atoms with Crippen molar-refractivity contribution in [3.63, 3.8) is 0 Å². The van der Waals surface area contributed by atoms with Crippen molar-refractivity contribution in [1.82, 2.24) is 9.91 Å². The number of aliphatic imine (C=N–C) groups is 1. The molecule has 5 N–H and O–H groups in total. The largest absolute Gasteiger partial charge is 0.478 e. The van der Waals surface area contributed by atoms with E-state index in [1.54, 1.807) is 13.1 Å². The van der Waals surface area contributed by atoms with Gasteiger partial charge in [0, 0.05) is 30.9 Å². The Morgan fingerprint density at radius 1 is 1.39 bits per heavy atom. The minimum absolute atomic E-state index is 0.457. The van der Waals surface area contributed by atoms with Crippen LogP contribution in [-0.4, -0.2) is 55.0 Å². The molecule has 0 heterocycles. The Labute approximate surface area is 136 Å². The second-order valence-corrected chi connectivity index (χ2v) is 5.53. The van der Waals surface area contributed by atoms with E-state index in [2.05, 4.69) is 4.99 Å². The molecule has 7 heteroatoms. The summed E-state index contributed by atoms with van der Waals surface area (Å²) >= 11 is 0. The maximum atomic E-state index is 11.1. The molecular weight excluding hydrogens is 294 g/mol. The fourth-order valence-electron chi connectivity index (χ4n) is 2.16. The fourth-order valence-corrected chi connectivity index (χ4v) is 2.16. The Balaban J connectivity index is 3.12. The van der Waals surface area contributed by atoms with Crippen LogP contribution >= 0.6 is 0 Å². The average Bonchev–Trinajstić information content (AvgIpc) is 2.45. The molecule has 0 radical (unpaired) electrons. The number of hydrogen-bond acceptors (Lipinski definition) is 5. The molecule has 0 saturated carbocycles. The number of rotatable bonds is 8. The van der Waals surface area contributed by atoms with Crippen molar-refractivity contribution >= 4 is 23.6 Å². The maximum Gasteiger partial charge on any atom is 0.328 e. The van der Waals surface area contributed by atoms with Crippen LogP contribution in [0.15, 0.2) is 29.3 Å². The summed E-state index contributed by atoms with van der Waals surface area (Å²) in [5.41, 5.74) is 8.94. The zero-order valence-corrected chi connectivity index (χ0v) is 13.9. The van der Waals surface area contributed by atoms with Gasteiger partial charge in [0.2, 0.25) is 0 Å². The number of carboxylic acids is 1. The van der Waals surface area contributed by atoms with Crippen LogP contribution in [0, 0.1) is 0 Å². The van der Waals surface area contributed by atoms with Crippen LogP contribution in [0.2, 0.25) is 0 Å². The first-order valence-electron chi connectivity index (χ1n) is 7.24. The van der Waals surface area contributed by atoms with Crippen LogP contribution in [0.5, 0.6) is 0 Å². The highest BCUT2D eigenvalue weighted by Crippen LogP contribution is 2.26. The van der Waals surface area contributed by atoms with Crippen molar-refractivity contribution in [2.75, 3.05) is 33.4 Å². The van der Waals surface area contributed by atoms with Gasteiger partial charge in [-0.1, -0.05) is 6.07 Å². The monoisotopic (exact) mass is 319 g/mol. The predicted molar refractivity (Wildman–Crippen MR) is 93.8 cm³/mol. The molecule has 0 aliphatic heterocycles. The second kappa shape index (κ2) is 8.92. The lowest BCUT2D eigenvalue weighted by molar-refractivity contribution is -0.131. The Hall–Kier alpha value is -2.38. The normalized spacial score (nSPS) is 12.1. The average molecular weight is 319 g/mol. The third-order valence-electron chi connectivity index (χ3n) is 3.22. The number of anilines is 1. The summed E-state index contributed by atoms with van der Waals surface area (Å²) in [6.45, 7) is 1.19. The van der Waals surface area contributed by atoms with E-state index in [1.165, 1.54) is 17.4 Å². The lowest BCUT2D eigenvalue weighted by atomic mass is 9.98. The molecule has 23 heavy (non-hydrogen) atoms. The lowest BCUT2D eigenvalue weighted by Gasteiger charge is -2.17. The lowest BCUT2D eigenvalue weighted by Crippen LogP contribution is -2.28. The van der Waals surface area contributed by atoms with E-state index in [9.17, 15) is 4.79 Å². The topological polar surface area (TPSA) is 108 Å². The number of nitrogens with two attached hydrogens (primary N) is 2. The van der Waals surface area contributed by atoms with Gasteiger partial charge in [0.1, 0.15) is 0 Å². The molecule has 0 spiro atoms. The number of hydrogen-bond donors (Lipinski definition) is 3. The van der Waals surface area contributed by atoms with Gasteiger partial charge >= 0.3 is 5.97 Å². The van der Waals surface area contributed by atoms with Crippen LogP contribution < -0.4 is 11.6 Å². The Morgan fingerprint density at radius 2 is 2.09 bits per heavy atom. The number of carbonyl (C=O) groups is 1. The molecule has 0 saturated heterocycles. The zero-order chi connectivity index (χ0) is 17.4.